The lowest BCUT2D eigenvalue weighted by molar-refractivity contribution is -0.155. The number of amides is 1. The van der Waals surface area contributed by atoms with Crippen molar-refractivity contribution in [2.24, 2.45) is 17.6 Å². The molecule has 1 aromatic carbocycles. The van der Waals surface area contributed by atoms with Gasteiger partial charge in [0, 0.05) is 28.0 Å². The number of carbonyl (C=O) groups excluding carboxylic acids is 3. The largest absolute Gasteiger partial charge is 0.508 e. The molecule has 0 radical (unpaired) electrons. The number of primary amides is 1. The minimum Gasteiger partial charge on any atom is -0.508 e. The molecule has 0 aromatic heterocycles. The molecule has 0 heterocycles. The van der Waals surface area contributed by atoms with Crippen molar-refractivity contribution in [1.82, 2.24) is 4.90 Å². The Morgan fingerprint density at radius 3 is 2.41 bits per heavy atom. The number of fused-ring (bicyclic) bond motifs is 3. The molecule has 11 heteroatoms. The number of carbonyl (C=O) groups is 3. The number of benzene rings is 1. The molecule has 32 heavy (non-hydrogen) atoms. The van der Waals surface area contributed by atoms with Crippen LogP contribution < -0.4 is 5.73 Å². The van der Waals surface area contributed by atoms with E-state index in [1.165, 1.54) is 31.1 Å². The lowest BCUT2D eigenvalue weighted by Gasteiger charge is -2.51. The maximum Gasteiger partial charge on any atom is 0.255 e. The van der Waals surface area contributed by atoms with Gasteiger partial charge in [0.25, 0.3) is 5.91 Å². The van der Waals surface area contributed by atoms with Gasteiger partial charge in [-0.25, -0.2) is 0 Å². The highest BCUT2D eigenvalue weighted by Crippen LogP contribution is 2.56. The maximum absolute atomic E-state index is 13.6. The number of Topliss-reactive ketones (excluding diaryl/α,β-unsaturated/α-hetero) is 2. The molecule has 3 unspecified atom stereocenters. The second-order valence-corrected chi connectivity index (χ2v) is 8.87. The van der Waals surface area contributed by atoms with Gasteiger partial charge in [0.15, 0.2) is 11.4 Å². The second-order valence-electron chi connectivity index (χ2n) is 8.47. The number of aromatic hydroxyl groups is 1. The summed E-state index contributed by atoms with van der Waals surface area (Å²) in [6.07, 6.45) is -1.70. The van der Waals surface area contributed by atoms with Crippen molar-refractivity contribution in [1.29, 1.82) is 0 Å². The molecule has 3 aliphatic rings. The van der Waals surface area contributed by atoms with E-state index in [1.54, 1.807) is 0 Å². The van der Waals surface area contributed by atoms with Crippen molar-refractivity contribution in [3.63, 3.8) is 0 Å². The van der Waals surface area contributed by atoms with Gasteiger partial charge in [-0.15, -0.1) is 0 Å². The Labute approximate surface area is 186 Å². The quantitative estimate of drug-likeness (QED) is 0.331. The van der Waals surface area contributed by atoms with Crippen LogP contribution in [0.3, 0.4) is 0 Å². The van der Waals surface area contributed by atoms with E-state index in [0.717, 1.165) is 0 Å². The van der Waals surface area contributed by atoms with Gasteiger partial charge < -0.3 is 31.3 Å². The first-order valence-electron chi connectivity index (χ1n) is 9.69. The molecule has 0 bridgehead atoms. The summed E-state index contributed by atoms with van der Waals surface area (Å²) in [6, 6.07) is 1.25. The highest BCUT2D eigenvalue weighted by Gasteiger charge is 2.65. The third-order valence-corrected chi connectivity index (χ3v) is 6.97. The molecular weight excluding hydrogens is 444 g/mol. The number of hydrogen-bond donors (Lipinski definition) is 6. The van der Waals surface area contributed by atoms with E-state index in [9.17, 15) is 39.9 Å². The summed E-state index contributed by atoms with van der Waals surface area (Å²) < 4.78 is 0. The summed E-state index contributed by atoms with van der Waals surface area (Å²) in [5, 5.41) is 54.4. The van der Waals surface area contributed by atoms with Gasteiger partial charge in [0.2, 0.25) is 5.78 Å². The summed E-state index contributed by atoms with van der Waals surface area (Å²) in [7, 11) is 2.97. The van der Waals surface area contributed by atoms with E-state index in [0.29, 0.717) is 0 Å². The van der Waals surface area contributed by atoms with E-state index in [2.05, 4.69) is 0 Å². The van der Waals surface area contributed by atoms with Crippen LogP contribution in [0, 0.1) is 11.8 Å². The Morgan fingerprint density at radius 1 is 1.22 bits per heavy atom. The van der Waals surface area contributed by atoms with Gasteiger partial charge in [-0.2, -0.15) is 0 Å². The van der Waals surface area contributed by atoms with Gasteiger partial charge in [0.1, 0.15) is 22.8 Å². The summed E-state index contributed by atoms with van der Waals surface area (Å²) in [5.74, 6) is -8.19. The summed E-state index contributed by atoms with van der Waals surface area (Å²) in [5.41, 5.74) is 0.845. The van der Waals surface area contributed by atoms with Crippen LogP contribution in [0.5, 0.6) is 5.75 Å². The van der Waals surface area contributed by atoms with Crippen LogP contribution in [0.1, 0.15) is 23.7 Å². The SMILES string of the molecule is CN(C)[C@H]1C(=O)C(C(N)=O)=C(O)C2(O)C(=O)C3=C(O)c4c(O)ccc(Cl)c4[C@@H](O)C3CC12. The van der Waals surface area contributed by atoms with Crippen LogP contribution >= 0.6 is 11.6 Å². The number of nitrogens with zero attached hydrogens (tertiary/aromatic N) is 1. The Balaban J connectivity index is 2.03. The Hall–Kier alpha value is -2.92. The normalized spacial score (nSPS) is 32.1. The number of phenols is 1. The molecule has 0 saturated heterocycles. The third-order valence-electron chi connectivity index (χ3n) is 6.64. The van der Waals surface area contributed by atoms with Crippen molar-refractivity contribution in [2.75, 3.05) is 14.1 Å². The van der Waals surface area contributed by atoms with Crippen LogP contribution in [-0.2, 0) is 14.4 Å². The minimum atomic E-state index is -2.77. The number of phenolic OH excluding ortho intramolecular Hbond substituents is 1. The molecular formula is C21H21ClN2O8. The van der Waals surface area contributed by atoms with Crippen molar-refractivity contribution in [3.8, 4) is 5.75 Å². The van der Waals surface area contributed by atoms with Crippen molar-refractivity contribution < 1.29 is 39.9 Å². The maximum atomic E-state index is 13.6. The third kappa shape index (κ3) is 2.61. The summed E-state index contributed by atoms with van der Waals surface area (Å²) in [4.78, 5) is 39.8. The molecule has 1 fully saturated rings. The van der Waals surface area contributed by atoms with Gasteiger partial charge in [-0.1, -0.05) is 11.6 Å². The van der Waals surface area contributed by atoms with Gasteiger partial charge in [0.05, 0.1) is 17.7 Å². The molecule has 1 aromatic rings. The van der Waals surface area contributed by atoms with E-state index < -0.39 is 75.5 Å². The standard InChI is InChI=1S/C21H21ClN2O8/c1-24(2)14-7-5-6-10(16(27)12-9(25)4-3-8(22)11(12)15(6)26)18(29)21(7,32)19(30)13(17(14)28)20(23)31/h3-4,6-7,14-15,25-27,30,32H,5H2,1-2H3,(H2,23,31)/t6?,7?,14-,15+,21?/m1/s1. The molecule has 10 nitrogen and oxygen atoms in total. The fraction of sp³-hybridized carbons (Fsp3) is 0.381. The first-order valence-corrected chi connectivity index (χ1v) is 10.1. The predicted octanol–water partition coefficient (Wildman–Crippen LogP) is 0.108. The zero-order valence-corrected chi connectivity index (χ0v) is 17.8. The summed E-state index contributed by atoms with van der Waals surface area (Å²) in [6.45, 7) is 0. The lowest BCUT2D eigenvalue weighted by Crippen LogP contribution is -2.66. The number of aliphatic hydroxyl groups excluding tert-OH is 3. The van der Waals surface area contributed by atoms with Gasteiger partial charge in [-0.05, 0) is 32.6 Å². The number of rotatable bonds is 2. The summed E-state index contributed by atoms with van der Waals surface area (Å²) >= 11 is 6.19. The number of nitrogens with two attached hydrogens (primary N) is 1. The molecule has 0 spiro atoms. The number of likely N-dealkylation sites (N-methyl/N-ethyl adjacent to an activating group) is 1. The van der Waals surface area contributed by atoms with Crippen molar-refractivity contribution in [3.05, 3.63) is 45.2 Å². The van der Waals surface area contributed by atoms with Crippen LogP contribution in [0.2, 0.25) is 5.02 Å². The number of hydrogen-bond acceptors (Lipinski definition) is 9. The second kappa shape index (κ2) is 7.04. The minimum absolute atomic E-state index is 0.00251. The Bertz CT molecular complexity index is 1160. The van der Waals surface area contributed by atoms with Crippen LogP contribution in [0.15, 0.2) is 29.0 Å². The fourth-order valence-corrected chi connectivity index (χ4v) is 5.51. The molecule has 4 rings (SSSR count). The predicted molar refractivity (Wildman–Crippen MR) is 111 cm³/mol. The molecule has 1 amide bonds. The van der Waals surface area contributed by atoms with Crippen LogP contribution in [-0.4, -0.2) is 73.6 Å². The van der Waals surface area contributed by atoms with Gasteiger partial charge in [-0.3, -0.25) is 19.3 Å². The number of ketones is 2. The fourth-order valence-electron chi connectivity index (χ4n) is 5.24. The Morgan fingerprint density at radius 2 is 1.84 bits per heavy atom. The Kier molecular flexibility index (Phi) is 4.90. The van der Waals surface area contributed by atoms with Gasteiger partial charge >= 0.3 is 0 Å². The zero-order chi connectivity index (χ0) is 23.9. The average Bonchev–Trinajstić information content (AvgIpc) is 2.69. The zero-order valence-electron chi connectivity index (χ0n) is 17.0. The highest BCUT2D eigenvalue weighted by molar-refractivity contribution is 6.32. The van der Waals surface area contributed by atoms with E-state index in [1.807, 2.05) is 0 Å². The van der Waals surface area contributed by atoms with E-state index >= 15 is 0 Å². The lowest BCUT2D eigenvalue weighted by atomic mass is 9.57. The van der Waals surface area contributed by atoms with Crippen LogP contribution in [0.25, 0.3) is 5.76 Å². The topological polar surface area (TPSA) is 182 Å². The molecule has 3 aliphatic carbocycles. The first kappa shape index (κ1) is 22.3. The van der Waals surface area contributed by atoms with Crippen LogP contribution in [0.4, 0.5) is 0 Å². The molecule has 170 valence electrons. The monoisotopic (exact) mass is 464 g/mol. The average molecular weight is 465 g/mol. The van der Waals surface area contributed by atoms with Crippen molar-refractivity contribution >= 4 is 34.8 Å². The smallest absolute Gasteiger partial charge is 0.255 e. The molecule has 0 aliphatic heterocycles. The first-order chi connectivity index (χ1) is 14.8. The molecule has 1 saturated carbocycles. The van der Waals surface area contributed by atoms with E-state index in [-0.39, 0.29) is 22.6 Å². The number of aliphatic hydroxyl groups is 4. The number of halogens is 1. The van der Waals surface area contributed by atoms with Crippen molar-refractivity contribution in [2.45, 2.75) is 24.2 Å². The highest BCUT2D eigenvalue weighted by atomic mass is 35.5. The molecule has 7 N–H and O–H groups in total. The molecule has 5 atom stereocenters. The van der Waals surface area contributed by atoms with E-state index in [4.69, 9.17) is 17.3 Å².